The van der Waals surface area contributed by atoms with Gasteiger partial charge in [-0.05, 0) is 11.6 Å². The first-order chi connectivity index (χ1) is 14.2. The van der Waals surface area contributed by atoms with Crippen LogP contribution in [0.2, 0.25) is 0 Å². The number of aromatic nitrogens is 2. The summed E-state index contributed by atoms with van der Waals surface area (Å²) in [6.07, 6.45) is 1.18. The van der Waals surface area contributed by atoms with E-state index in [4.69, 9.17) is 9.47 Å². The molecule has 2 aromatic carbocycles. The highest BCUT2D eigenvalue weighted by Gasteiger charge is 2.24. The Morgan fingerprint density at radius 3 is 2.59 bits per heavy atom. The van der Waals surface area contributed by atoms with Gasteiger partial charge in [0.1, 0.15) is 18.8 Å². The van der Waals surface area contributed by atoms with Gasteiger partial charge in [0.05, 0.1) is 12.6 Å². The van der Waals surface area contributed by atoms with Crippen LogP contribution < -0.4 is 9.64 Å². The maximum absolute atomic E-state index is 12.4. The molecule has 0 spiro atoms. The highest BCUT2D eigenvalue weighted by atomic mass is 16.6. The smallest absolute Gasteiger partial charge is 0.410 e. The number of hydrogen-bond donors (Lipinski definition) is 1. The van der Waals surface area contributed by atoms with Crippen LogP contribution in [-0.4, -0.2) is 59.4 Å². The van der Waals surface area contributed by atoms with Crippen molar-refractivity contribution >= 4 is 22.8 Å². The van der Waals surface area contributed by atoms with Crippen LogP contribution in [0, 0.1) is 0 Å². The molecule has 2 heterocycles. The predicted molar refractivity (Wildman–Crippen MR) is 108 cm³/mol. The second-order valence-electron chi connectivity index (χ2n) is 6.75. The summed E-state index contributed by atoms with van der Waals surface area (Å²) < 4.78 is 10.6. The normalized spacial score (nSPS) is 14.1. The number of benzene rings is 2. The second kappa shape index (κ2) is 8.22. The number of carbonyl (C=O) groups excluding carboxylic acids is 1. The first-order valence-electron chi connectivity index (χ1n) is 9.38. The van der Waals surface area contributed by atoms with Crippen molar-refractivity contribution in [1.29, 1.82) is 0 Å². The van der Waals surface area contributed by atoms with Gasteiger partial charge in [-0.25, -0.2) is 14.8 Å². The van der Waals surface area contributed by atoms with Gasteiger partial charge in [0.25, 0.3) is 0 Å². The lowest BCUT2D eigenvalue weighted by molar-refractivity contribution is 0.0941. The zero-order valence-electron chi connectivity index (χ0n) is 16.1. The molecule has 3 aromatic rings. The highest BCUT2D eigenvalue weighted by molar-refractivity contribution is 5.92. The molecular formula is C21H22N4O4. The van der Waals surface area contributed by atoms with Gasteiger partial charge in [-0.2, -0.15) is 0 Å². The van der Waals surface area contributed by atoms with Gasteiger partial charge < -0.3 is 24.4 Å². The van der Waals surface area contributed by atoms with Gasteiger partial charge in [0, 0.05) is 37.6 Å². The van der Waals surface area contributed by atoms with Crippen LogP contribution in [0.4, 0.5) is 10.6 Å². The molecular weight excluding hydrogens is 372 g/mol. The Bertz CT molecular complexity index is 1000. The summed E-state index contributed by atoms with van der Waals surface area (Å²) in [6.45, 7) is 2.54. The SMILES string of the molecule is COc1cc2ncnc(N3CCN(C(=O)OCc4ccccc4)CC3)c2cc1O. The molecule has 0 atom stereocenters. The van der Waals surface area contributed by atoms with Crippen molar-refractivity contribution in [1.82, 2.24) is 14.9 Å². The van der Waals surface area contributed by atoms with Crippen molar-refractivity contribution in [3.63, 3.8) is 0 Å². The number of methoxy groups -OCH3 is 1. The Labute approximate surface area is 168 Å². The molecule has 1 fully saturated rings. The van der Waals surface area contributed by atoms with E-state index in [1.54, 1.807) is 17.0 Å². The Kier molecular flexibility index (Phi) is 5.33. The van der Waals surface area contributed by atoms with Crippen LogP contribution in [0.15, 0.2) is 48.8 Å². The number of aromatic hydroxyl groups is 1. The van der Waals surface area contributed by atoms with E-state index >= 15 is 0 Å². The Hall–Kier alpha value is -3.55. The number of rotatable bonds is 4. The summed E-state index contributed by atoms with van der Waals surface area (Å²) in [5.74, 6) is 1.14. The molecule has 0 unspecified atom stereocenters. The number of phenolic OH excluding ortho intramolecular Hbond substituents is 1. The first-order valence-corrected chi connectivity index (χ1v) is 9.38. The van der Waals surface area contributed by atoms with Crippen molar-refractivity contribution in [2.24, 2.45) is 0 Å². The highest BCUT2D eigenvalue weighted by Crippen LogP contribution is 2.34. The minimum absolute atomic E-state index is 0.0409. The molecule has 0 radical (unpaired) electrons. The topological polar surface area (TPSA) is 88.0 Å². The zero-order chi connectivity index (χ0) is 20.2. The fourth-order valence-electron chi connectivity index (χ4n) is 3.39. The van der Waals surface area contributed by atoms with Crippen molar-refractivity contribution in [2.75, 3.05) is 38.2 Å². The number of piperazine rings is 1. The molecule has 1 aliphatic rings. The molecule has 1 aromatic heterocycles. The molecule has 150 valence electrons. The fourth-order valence-corrected chi connectivity index (χ4v) is 3.39. The van der Waals surface area contributed by atoms with Gasteiger partial charge >= 0.3 is 6.09 Å². The Balaban J connectivity index is 1.42. The zero-order valence-corrected chi connectivity index (χ0v) is 16.1. The molecule has 0 bridgehead atoms. The van der Waals surface area contributed by atoms with Crippen molar-refractivity contribution < 1.29 is 19.4 Å². The van der Waals surface area contributed by atoms with Crippen molar-refractivity contribution in [3.05, 3.63) is 54.4 Å². The quantitative estimate of drug-likeness (QED) is 0.728. The number of fused-ring (bicyclic) bond motifs is 1. The predicted octanol–water partition coefficient (Wildman–Crippen LogP) is 2.80. The van der Waals surface area contributed by atoms with Crippen LogP contribution in [0.1, 0.15) is 5.56 Å². The molecule has 1 aliphatic heterocycles. The Morgan fingerprint density at radius 2 is 1.86 bits per heavy atom. The summed E-state index contributed by atoms with van der Waals surface area (Å²) in [4.78, 5) is 24.8. The number of carbonyl (C=O) groups is 1. The van der Waals surface area contributed by atoms with Crippen LogP contribution in [0.5, 0.6) is 11.5 Å². The molecule has 4 rings (SSSR count). The molecule has 1 saturated heterocycles. The Morgan fingerprint density at radius 1 is 1.10 bits per heavy atom. The molecule has 0 saturated carbocycles. The third-order valence-electron chi connectivity index (χ3n) is 4.96. The number of ether oxygens (including phenoxy) is 2. The van der Waals surface area contributed by atoms with E-state index in [0.29, 0.717) is 37.4 Å². The van der Waals surface area contributed by atoms with Gasteiger partial charge in [0.15, 0.2) is 11.5 Å². The third kappa shape index (κ3) is 4.01. The van der Waals surface area contributed by atoms with E-state index < -0.39 is 0 Å². The van der Waals surface area contributed by atoms with Crippen LogP contribution in [0.25, 0.3) is 10.9 Å². The molecule has 0 aliphatic carbocycles. The molecule has 1 N–H and O–H groups in total. The third-order valence-corrected chi connectivity index (χ3v) is 4.96. The van der Waals surface area contributed by atoms with Gasteiger partial charge in [0.2, 0.25) is 0 Å². The molecule has 29 heavy (non-hydrogen) atoms. The average Bonchev–Trinajstić information content (AvgIpc) is 2.77. The molecule has 8 heteroatoms. The fraction of sp³-hybridized carbons (Fsp3) is 0.286. The van der Waals surface area contributed by atoms with Crippen molar-refractivity contribution in [3.8, 4) is 11.5 Å². The second-order valence-corrected chi connectivity index (χ2v) is 6.75. The van der Waals surface area contributed by atoms with E-state index in [1.807, 2.05) is 30.3 Å². The van der Waals surface area contributed by atoms with Gasteiger partial charge in [-0.3, -0.25) is 0 Å². The first kappa shape index (κ1) is 18.8. The number of hydrogen-bond acceptors (Lipinski definition) is 7. The monoisotopic (exact) mass is 394 g/mol. The minimum Gasteiger partial charge on any atom is -0.504 e. The molecule has 1 amide bonds. The number of amides is 1. The van der Waals surface area contributed by atoms with E-state index in [1.165, 1.54) is 13.4 Å². The van der Waals surface area contributed by atoms with Crippen LogP contribution >= 0.6 is 0 Å². The standard InChI is InChI=1S/C21H22N4O4/c1-28-19-12-17-16(11-18(19)26)20(23-14-22-17)24-7-9-25(10-8-24)21(27)29-13-15-5-3-2-4-6-15/h2-6,11-12,14,26H,7-10,13H2,1H3. The van der Waals surface area contributed by atoms with Gasteiger partial charge in [-0.15, -0.1) is 0 Å². The summed E-state index contributed by atoms with van der Waals surface area (Å²) in [7, 11) is 1.50. The minimum atomic E-state index is -0.316. The van der Waals surface area contributed by atoms with E-state index in [2.05, 4.69) is 14.9 Å². The van der Waals surface area contributed by atoms with Gasteiger partial charge in [-0.1, -0.05) is 30.3 Å². The van der Waals surface area contributed by atoms with Crippen molar-refractivity contribution in [2.45, 2.75) is 6.61 Å². The number of phenols is 1. The summed E-state index contributed by atoms with van der Waals surface area (Å²) in [6, 6.07) is 12.9. The summed E-state index contributed by atoms with van der Waals surface area (Å²) in [5.41, 5.74) is 1.65. The maximum Gasteiger partial charge on any atom is 0.410 e. The largest absolute Gasteiger partial charge is 0.504 e. The van der Waals surface area contributed by atoms with Crippen LogP contribution in [0.3, 0.4) is 0 Å². The van der Waals surface area contributed by atoms with Crippen LogP contribution in [-0.2, 0) is 11.3 Å². The lowest BCUT2D eigenvalue weighted by Crippen LogP contribution is -2.49. The lowest BCUT2D eigenvalue weighted by atomic mass is 10.2. The van der Waals surface area contributed by atoms with E-state index in [9.17, 15) is 9.90 Å². The number of anilines is 1. The molecule has 8 nitrogen and oxygen atoms in total. The lowest BCUT2D eigenvalue weighted by Gasteiger charge is -2.35. The summed E-state index contributed by atoms with van der Waals surface area (Å²) >= 11 is 0. The van der Waals surface area contributed by atoms with E-state index in [-0.39, 0.29) is 18.4 Å². The maximum atomic E-state index is 12.4. The number of nitrogens with zero attached hydrogens (tertiary/aromatic N) is 4. The van der Waals surface area contributed by atoms with E-state index in [0.717, 1.165) is 16.8 Å². The average molecular weight is 394 g/mol. The summed E-state index contributed by atoms with van der Waals surface area (Å²) in [5, 5.41) is 10.9.